The fourth-order valence-corrected chi connectivity index (χ4v) is 2.32. The summed E-state index contributed by atoms with van der Waals surface area (Å²) in [4.78, 5) is 27.3. The third-order valence-electron chi connectivity index (χ3n) is 3.40. The molecular weight excluding hydrogens is 304 g/mol. The number of rotatable bonds is 4. The van der Waals surface area contributed by atoms with Crippen molar-refractivity contribution in [2.24, 2.45) is 0 Å². The van der Waals surface area contributed by atoms with E-state index in [1.165, 1.54) is 24.0 Å². The van der Waals surface area contributed by atoms with E-state index in [0.29, 0.717) is 13.2 Å². The van der Waals surface area contributed by atoms with Gasteiger partial charge in [-0.3, -0.25) is 4.90 Å². The van der Waals surface area contributed by atoms with E-state index in [1.807, 2.05) is 6.92 Å². The average molecular weight is 332 g/mol. The van der Waals surface area contributed by atoms with Gasteiger partial charge in [0, 0.05) is 20.2 Å². The van der Waals surface area contributed by atoms with Gasteiger partial charge in [-0.2, -0.15) is 0 Å². The van der Waals surface area contributed by atoms with Crippen molar-refractivity contribution < 1.29 is 28.5 Å². The summed E-state index contributed by atoms with van der Waals surface area (Å²) in [7, 11) is 2.83. The minimum absolute atomic E-state index is 0.261. The fraction of sp³-hybridized carbons (Fsp3) is 0.867. The molecule has 1 aliphatic rings. The number of ether oxygens (including phenoxy) is 4. The zero-order chi connectivity index (χ0) is 17.6. The molecule has 0 aromatic heterocycles. The van der Waals surface area contributed by atoms with Gasteiger partial charge in [-0.25, -0.2) is 9.59 Å². The Bertz CT molecular complexity index is 409. The lowest BCUT2D eigenvalue weighted by molar-refractivity contribution is -0.147. The van der Waals surface area contributed by atoms with E-state index in [2.05, 4.69) is 0 Å². The second-order valence-corrected chi connectivity index (χ2v) is 6.28. The van der Waals surface area contributed by atoms with Gasteiger partial charge in [-0.1, -0.05) is 0 Å². The van der Waals surface area contributed by atoms with Crippen LogP contribution in [0.15, 0.2) is 0 Å². The molecule has 0 aliphatic carbocycles. The lowest BCUT2D eigenvalue weighted by Crippen LogP contribution is -2.60. The van der Waals surface area contributed by atoms with Gasteiger partial charge < -0.3 is 23.8 Å². The Balaban J connectivity index is 2.92. The first-order valence-electron chi connectivity index (χ1n) is 7.68. The molecule has 0 spiro atoms. The van der Waals surface area contributed by atoms with Gasteiger partial charge in [0.15, 0.2) is 6.23 Å². The van der Waals surface area contributed by atoms with Gasteiger partial charge in [-0.15, -0.1) is 0 Å². The SMILES string of the molecule is CCN(C[C@@H]1COC[C@H](OC)N1C(=O)OC(C)(C)C)C(=O)OC. The first-order valence-corrected chi connectivity index (χ1v) is 7.68. The Labute approximate surface area is 137 Å². The minimum atomic E-state index is -0.620. The van der Waals surface area contributed by atoms with Crippen LogP contribution >= 0.6 is 0 Å². The zero-order valence-electron chi connectivity index (χ0n) is 14.8. The van der Waals surface area contributed by atoms with Crippen molar-refractivity contribution in [1.29, 1.82) is 0 Å². The molecule has 1 heterocycles. The minimum Gasteiger partial charge on any atom is -0.453 e. The Kier molecular flexibility index (Phi) is 7.08. The van der Waals surface area contributed by atoms with Crippen molar-refractivity contribution in [1.82, 2.24) is 9.80 Å². The van der Waals surface area contributed by atoms with Crippen LogP contribution in [-0.2, 0) is 18.9 Å². The highest BCUT2D eigenvalue weighted by atomic mass is 16.6. The number of hydrogen-bond acceptors (Lipinski definition) is 6. The second-order valence-electron chi connectivity index (χ2n) is 6.28. The van der Waals surface area contributed by atoms with E-state index in [0.717, 1.165) is 0 Å². The van der Waals surface area contributed by atoms with Crippen LogP contribution in [-0.4, -0.2) is 80.4 Å². The number of hydrogen-bond donors (Lipinski definition) is 0. The summed E-state index contributed by atoms with van der Waals surface area (Å²) < 4.78 is 21.1. The van der Waals surface area contributed by atoms with Crippen LogP contribution in [0, 0.1) is 0 Å². The average Bonchev–Trinajstić information content (AvgIpc) is 2.49. The summed E-state index contributed by atoms with van der Waals surface area (Å²) in [6.45, 7) is 8.54. The van der Waals surface area contributed by atoms with Crippen molar-refractivity contribution in [3.05, 3.63) is 0 Å². The lowest BCUT2D eigenvalue weighted by Gasteiger charge is -2.42. The Morgan fingerprint density at radius 1 is 1.26 bits per heavy atom. The van der Waals surface area contributed by atoms with Crippen LogP contribution in [0.25, 0.3) is 0 Å². The Morgan fingerprint density at radius 3 is 2.39 bits per heavy atom. The topological polar surface area (TPSA) is 77.5 Å². The maximum Gasteiger partial charge on any atom is 0.412 e. The highest BCUT2D eigenvalue weighted by molar-refractivity contribution is 5.70. The molecule has 0 aromatic rings. The highest BCUT2D eigenvalue weighted by Crippen LogP contribution is 2.20. The molecule has 0 saturated carbocycles. The molecule has 0 radical (unpaired) electrons. The summed E-state index contributed by atoms with van der Waals surface area (Å²) in [6.07, 6.45) is -1.49. The number of likely N-dealkylation sites (N-methyl/N-ethyl adjacent to an activating group) is 1. The molecule has 134 valence electrons. The third kappa shape index (κ3) is 5.54. The van der Waals surface area contributed by atoms with Crippen molar-refractivity contribution in [2.45, 2.75) is 45.6 Å². The molecule has 8 heteroatoms. The fourth-order valence-electron chi connectivity index (χ4n) is 2.32. The summed E-state index contributed by atoms with van der Waals surface area (Å²) in [6, 6.07) is -0.373. The van der Waals surface area contributed by atoms with Gasteiger partial charge in [0.2, 0.25) is 0 Å². The molecule has 0 aromatic carbocycles. The van der Waals surface area contributed by atoms with E-state index in [-0.39, 0.29) is 19.2 Å². The van der Waals surface area contributed by atoms with E-state index in [9.17, 15) is 9.59 Å². The summed E-state index contributed by atoms with van der Waals surface area (Å²) >= 11 is 0. The first-order chi connectivity index (χ1) is 10.7. The van der Waals surface area contributed by atoms with Crippen LogP contribution < -0.4 is 0 Å². The standard InChI is InChI=1S/C15H28N2O6/c1-7-16(13(18)21-6)8-11-9-22-10-12(20-5)17(11)14(19)23-15(2,3)4/h11-12H,7-10H2,1-6H3/t11-,12+/m1/s1. The third-order valence-corrected chi connectivity index (χ3v) is 3.40. The van der Waals surface area contributed by atoms with Gasteiger partial charge in [0.1, 0.15) is 5.60 Å². The van der Waals surface area contributed by atoms with Gasteiger partial charge in [0.25, 0.3) is 0 Å². The number of carbonyl (C=O) groups excluding carboxylic acids is 2. The Morgan fingerprint density at radius 2 is 1.91 bits per heavy atom. The molecule has 0 N–H and O–H groups in total. The molecule has 8 nitrogen and oxygen atoms in total. The summed E-state index contributed by atoms with van der Waals surface area (Å²) in [5.41, 5.74) is -0.620. The maximum absolute atomic E-state index is 12.5. The normalized spacial score (nSPS) is 21.7. The van der Waals surface area contributed by atoms with Crippen molar-refractivity contribution in [3.8, 4) is 0 Å². The van der Waals surface area contributed by atoms with E-state index in [4.69, 9.17) is 18.9 Å². The molecule has 0 bridgehead atoms. The van der Waals surface area contributed by atoms with E-state index >= 15 is 0 Å². The first kappa shape index (κ1) is 19.5. The van der Waals surface area contributed by atoms with Gasteiger partial charge >= 0.3 is 12.2 Å². The van der Waals surface area contributed by atoms with Crippen LogP contribution in [0.5, 0.6) is 0 Å². The van der Waals surface area contributed by atoms with Gasteiger partial charge in [-0.05, 0) is 27.7 Å². The molecule has 2 amide bonds. The monoisotopic (exact) mass is 332 g/mol. The molecule has 2 atom stereocenters. The molecule has 1 saturated heterocycles. The number of nitrogens with zero attached hydrogens (tertiary/aromatic N) is 2. The van der Waals surface area contributed by atoms with E-state index in [1.54, 1.807) is 20.8 Å². The van der Waals surface area contributed by atoms with Crippen molar-refractivity contribution >= 4 is 12.2 Å². The van der Waals surface area contributed by atoms with E-state index < -0.39 is 24.0 Å². The largest absolute Gasteiger partial charge is 0.453 e. The molecule has 0 unspecified atom stereocenters. The molecule has 1 rings (SSSR count). The van der Waals surface area contributed by atoms with Gasteiger partial charge in [0.05, 0.1) is 26.4 Å². The van der Waals surface area contributed by atoms with Crippen molar-refractivity contribution in [2.75, 3.05) is 40.5 Å². The molecular formula is C15H28N2O6. The second kappa shape index (κ2) is 8.35. The zero-order valence-corrected chi connectivity index (χ0v) is 14.8. The smallest absolute Gasteiger partial charge is 0.412 e. The lowest BCUT2D eigenvalue weighted by atomic mass is 10.2. The summed E-state index contributed by atoms with van der Waals surface area (Å²) in [5.74, 6) is 0. The predicted octanol–water partition coefficient (Wildman–Crippen LogP) is 1.68. The number of morpholine rings is 1. The highest BCUT2D eigenvalue weighted by Gasteiger charge is 2.39. The Hall–Kier alpha value is -1.54. The number of carbonyl (C=O) groups is 2. The van der Waals surface area contributed by atoms with Crippen LogP contribution in [0.4, 0.5) is 9.59 Å². The molecule has 23 heavy (non-hydrogen) atoms. The van der Waals surface area contributed by atoms with Crippen LogP contribution in [0.3, 0.4) is 0 Å². The molecule has 1 aliphatic heterocycles. The van der Waals surface area contributed by atoms with Crippen LogP contribution in [0.2, 0.25) is 0 Å². The van der Waals surface area contributed by atoms with Crippen molar-refractivity contribution in [3.63, 3.8) is 0 Å². The molecule has 1 fully saturated rings. The number of amides is 2. The summed E-state index contributed by atoms with van der Waals surface area (Å²) in [5, 5.41) is 0. The predicted molar refractivity (Wildman–Crippen MR) is 83.1 cm³/mol. The number of methoxy groups -OCH3 is 2. The van der Waals surface area contributed by atoms with Crippen LogP contribution in [0.1, 0.15) is 27.7 Å². The quantitative estimate of drug-likeness (QED) is 0.779. The maximum atomic E-state index is 12.5.